The standard InChI is InChI=1S/C31H32ClN5O2S/c1-19-17-20(11-13-22(19)32)36-16-8-10-25(36)28-27(24-9-6-7-15-33-24)35-30(40)37(28)21-12-14-23(26(18-21)39-5)34-29(38)31(2,3)4/h6-18,27-28H,1-5H3,(H,34,38)(H,35,40)/t27-,28+/m1/s1. The Morgan fingerprint density at radius 1 is 1.07 bits per heavy atom. The summed E-state index contributed by atoms with van der Waals surface area (Å²) in [6.45, 7) is 7.61. The molecule has 0 saturated carbocycles. The molecule has 4 aromatic rings. The average molecular weight is 574 g/mol. The van der Waals surface area contributed by atoms with Crippen LogP contribution in [0.25, 0.3) is 5.69 Å². The van der Waals surface area contributed by atoms with Crippen molar-refractivity contribution in [2.75, 3.05) is 17.3 Å². The van der Waals surface area contributed by atoms with Crippen molar-refractivity contribution in [2.45, 2.75) is 39.8 Å². The Kier molecular flexibility index (Phi) is 7.57. The van der Waals surface area contributed by atoms with E-state index in [0.717, 1.165) is 33.3 Å². The number of benzene rings is 2. The molecule has 1 aliphatic rings. The van der Waals surface area contributed by atoms with Crippen molar-refractivity contribution in [2.24, 2.45) is 5.41 Å². The van der Waals surface area contributed by atoms with Gasteiger partial charge >= 0.3 is 0 Å². The van der Waals surface area contributed by atoms with E-state index in [4.69, 9.17) is 28.6 Å². The van der Waals surface area contributed by atoms with Crippen molar-refractivity contribution in [1.82, 2.24) is 14.9 Å². The van der Waals surface area contributed by atoms with E-state index in [2.05, 4.69) is 37.2 Å². The average Bonchev–Trinajstić information content (AvgIpc) is 3.54. The number of halogens is 1. The molecule has 5 rings (SSSR count). The van der Waals surface area contributed by atoms with Crippen LogP contribution < -0.4 is 20.3 Å². The van der Waals surface area contributed by atoms with Gasteiger partial charge in [0.15, 0.2) is 5.11 Å². The number of pyridine rings is 1. The number of nitrogens with zero attached hydrogens (tertiary/aromatic N) is 3. The highest BCUT2D eigenvalue weighted by molar-refractivity contribution is 7.80. The van der Waals surface area contributed by atoms with Gasteiger partial charge in [0.05, 0.1) is 24.5 Å². The highest BCUT2D eigenvalue weighted by Crippen LogP contribution is 2.44. The van der Waals surface area contributed by atoms with E-state index in [-0.39, 0.29) is 18.0 Å². The summed E-state index contributed by atoms with van der Waals surface area (Å²) in [6, 6.07) is 21.2. The molecular formula is C31H32ClN5O2S. The molecular weight excluding hydrogens is 542 g/mol. The molecule has 1 saturated heterocycles. The summed E-state index contributed by atoms with van der Waals surface area (Å²) in [7, 11) is 1.59. The van der Waals surface area contributed by atoms with Gasteiger partial charge in [0, 0.05) is 46.0 Å². The third-order valence-electron chi connectivity index (χ3n) is 6.99. The predicted molar refractivity (Wildman–Crippen MR) is 165 cm³/mol. The van der Waals surface area contributed by atoms with Crippen LogP contribution in [-0.4, -0.2) is 27.7 Å². The maximum absolute atomic E-state index is 12.7. The lowest BCUT2D eigenvalue weighted by molar-refractivity contribution is -0.123. The lowest BCUT2D eigenvalue weighted by Gasteiger charge is -2.29. The number of rotatable bonds is 6. The minimum atomic E-state index is -0.545. The first-order chi connectivity index (χ1) is 19.1. The molecule has 40 heavy (non-hydrogen) atoms. The molecule has 1 aliphatic heterocycles. The number of methoxy groups -OCH3 is 1. The topological polar surface area (TPSA) is 71.4 Å². The number of ether oxygens (including phenoxy) is 1. The van der Waals surface area contributed by atoms with Crippen LogP contribution in [0.1, 0.15) is 49.8 Å². The summed E-state index contributed by atoms with van der Waals surface area (Å²) in [5, 5.41) is 7.78. The maximum atomic E-state index is 12.7. The van der Waals surface area contributed by atoms with E-state index < -0.39 is 5.41 Å². The number of aromatic nitrogens is 2. The fraction of sp³-hybridized carbons (Fsp3) is 0.258. The first-order valence-corrected chi connectivity index (χ1v) is 13.8. The first kappa shape index (κ1) is 27.7. The zero-order valence-electron chi connectivity index (χ0n) is 23.1. The van der Waals surface area contributed by atoms with Gasteiger partial charge in [-0.15, -0.1) is 0 Å². The third kappa shape index (κ3) is 5.29. The molecule has 1 amide bonds. The number of thiocarbonyl (C=S) groups is 1. The predicted octanol–water partition coefficient (Wildman–Crippen LogP) is 7.00. The molecule has 2 aromatic heterocycles. The van der Waals surface area contributed by atoms with Crippen molar-refractivity contribution in [1.29, 1.82) is 0 Å². The fourth-order valence-corrected chi connectivity index (χ4v) is 5.29. The van der Waals surface area contributed by atoms with Crippen molar-refractivity contribution in [3.63, 3.8) is 0 Å². The van der Waals surface area contributed by atoms with Gasteiger partial charge in [-0.3, -0.25) is 9.78 Å². The molecule has 0 aliphatic carbocycles. The van der Waals surface area contributed by atoms with Crippen LogP contribution >= 0.6 is 23.8 Å². The highest BCUT2D eigenvalue weighted by Gasteiger charge is 2.42. The summed E-state index contributed by atoms with van der Waals surface area (Å²) >= 11 is 12.3. The summed E-state index contributed by atoms with van der Waals surface area (Å²) in [5.41, 5.74) is 4.77. The molecule has 0 radical (unpaired) electrons. The molecule has 2 N–H and O–H groups in total. The molecule has 0 unspecified atom stereocenters. The number of amides is 1. The van der Waals surface area contributed by atoms with Gasteiger partial charge in [0.25, 0.3) is 0 Å². The molecule has 3 heterocycles. The fourth-order valence-electron chi connectivity index (χ4n) is 4.83. The van der Waals surface area contributed by atoms with Gasteiger partial charge in [-0.25, -0.2) is 0 Å². The Labute approximate surface area is 245 Å². The number of nitrogens with one attached hydrogen (secondary N) is 2. The number of carbonyl (C=O) groups is 1. The number of aryl methyl sites for hydroxylation is 1. The van der Waals surface area contributed by atoms with E-state index in [0.29, 0.717) is 16.5 Å². The van der Waals surface area contributed by atoms with E-state index in [1.807, 2.05) is 88.5 Å². The number of carbonyl (C=O) groups excluding carboxylic acids is 1. The Morgan fingerprint density at radius 3 is 2.52 bits per heavy atom. The van der Waals surface area contributed by atoms with Crippen LogP contribution in [0, 0.1) is 12.3 Å². The SMILES string of the molecule is COc1cc(N2C(=S)N[C@H](c3ccccn3)[C@@H]2c2cccn2-c2ccc(Cl)c(C)c2)ccc1NC(=O)C(C)(C)C. The van der Waals surface area contributed by atoms with E-state index >= 15 is 0 Å². The number of anilines is 2. The molecule has 206 valence electrons. The Morgan fingerprint density at radius 2 is 1.85 bits per heavy atom. The van der Waals surface area contributed by atoms with Crippen LogP contribution in [0.4, 0.5) is 11.4 Å². The van der Waals surface area contributed by atoms with Crippen LogP contribution in [0.2, 0.25) is 5.02 Å². The number of hydrogen-bond acceptors (Lipinski definition) is 4. The summed E-state index contributed by atoms with van der Waals surface area (Å²) < 4.78 is 7.87. The van der Waals surface area contributed by atoms with Crippen LogP contribution in [-0.2, 0) is 4.79 Å². The Hall–Kier alpha value is -3.88. The molecule has 2 aromatic carbocycles. The van der Waals surface area contributed by atoms with Crippen molar-refractivity contribution >= 4 is 46.2 Å². The van der Waals surface area contributed by atoms with Crippen LogP contribution in [0.3, 0.4) is 0 Å². The molecule has 7 nitrogen and oxygen atoms in total. The molecule has 1 fully saturated rings. The quantitative estimate of drug-likeness (QED) is 0.242. The van der Waals surface area contributed by atoms with Crippen LogP contribution in [0.15, 0.2) is 79.1 Å². The largest absolute Gasteiger partial charge is 0.494 e. The van der Waals surface area contributed by atoms with Gasteiger partial charge in [0.1, 0.15) is 11.8 Å². The summed E-state index contributed by atoms with van der Waals surface area (Å²) in [5.74, 6) is 0.447. The lowest BCUT2D eigenvalue weighted by Crippen LogP contribution is -2.30. The normalized spacial score (nSPS) is 17.1. The number of hydrogen-bond donors (Lipinski definition) is 2. The lowest BCUT2D eigenvalue weighted by atomic mass is 9.95. The molecule has 9 heteroatoms. The van der Waals surface area contributed by atoms with Gasteiger partial charge in [-0.1, -0.05) is 38.4 Å². The van der Waals surface area contributed by atoms with Gasteiger partial charge in [-0.05, 0) is 79.3 Å². The second-order valence-electron chi connectivity index (χ2n) is 10.8. The Bertz CT molecular complexity index is 1560. The monoisotopic (exact) mass is 573 g/mol. The van der Waals surface area contributed by atoms with Crippen molar-refractivity contribution < 1.29 is 9.53 Å². The zero-order chi connectivity index (χ0) is 28.6. The highest BCUT2D eigenvalue weighted by atomic mass is 35.5. The van der Waals surface area contributed by atoms with Gasteiger partial charge in [-0.2, -0.15) is 0 Å². The summed E-state index contributed by atoms with van der Waals surface area (Å²) in [6.07, 6.45) is 3.83. The smallest absolute Gasteiger partial charge is 0.229 e. The van der Waals surface area contributed by atoms with E-state index in [1.165, 1.54) is 0 Å². The van der Waals surface area contributed by atoms with Gasteiger partial charge < -0.3 is 24.8 Å². The second-order valence-corrected chi connectivity index (χ2v) is 11.6. The molecule has 2 atom stereocenters. The van der Waals surface area contributed by atoms with E-state index in [9.17, 15) is 4.79 Å². The molecule has 0 bridgehead atoms. The van der Waals surface area contributed by atoms with Gasteiger partial charge in [0.2, 0.25) is 5.91 Å². The maximum Gasteiger partial charge on any atom is 0.229 e. The van der Waals surface area contributed by atoms with Crippen LogP contribution in [0.5, 0.6) is 5.75 Å². The molecule has 0 spiro atoms. The van der Waals surface area contributed by atoms with Crippen molar-refractivity contribution in [3.8, 4) is 11.4 Å². The third-order valence-corrected chi connectivity index (χ3v) is 7.73. The van der Waals surface area contributed by atoms with E-state index in [1.54, 1.807) is 13.3 Å². The first-order valence-electron chi connectivity index (χ1n) is 13.0. The Balaban J connectivity index is 1.61. The minimum absolute atomic E-state index is 0.0962. The summed E-state index contributed by atoms with van der Waals surface area (Å²) in [4.78, 5) is 19.4. The van der Waals surface area contributed by atoms with Crippen molar-refractivity contribution in [3.05, 3.63) is 101 Å². The minimum Gasteiger partial charge on any atom is -0.494 e. The second kappa shape index (κ2) is 10.9. The zero-order valence-corrected chi connectivity index (χ0v) is 24.7.